The maximum atomic E-state index is 11.5. The fraction of sp³-hybridized carbons (Fsp3) is 0.875. The molecule has 0 aromatic carbocycles. The fourth-order valence-corrected chi connectivity index (χ4v) is 0.855. The molecule has 0 bridgehead atoms. The van der Waals surface area contributed by atoms with E-state index in [1.165, 1.54) is 0 Å². The molecule has 0 saturated heterocycles. The van der Waals surface area contributed by atoms with E-state index in [0.717, 1.165) is 0 Å². The minimum absolute atomic E-state index is 0.0867. The summed E-state index contributed by atoms with van der Waals surface area (Å²) in [6.07, 6.45) is -2.48. The topological polar surface area (TPSA) is 58.6 Å². The Morgan fingerprint density at radius 3 is 2.47 bits per heavy atom. The van der Waals surface area contributed by atoms with Crippen molar-refractivity contribution in [3.05, 3.63) is 0 Å². The van der Waals surface area contributed by atoms with E-state index >= 15 is 0 Å². The van der Waals surface area contributed by atoms with Crippen molar-refractivity contribution >= 4 is 5.97 Å². The van der Waals surface area contributed by atoms with Crippen LogP contribution in [-0.4, -0.2) is 30.4 Å². The first-order valence-corrected chi connectivity index (χ1v) is 4.55. The zero-order valence-electron chi connectivity index (χ0n) is 8.14. The van der Waals surface area contributed by atoms with Crippen molar-refractivity contribution < 1.29 is 27.9 Å². The minimum atomic E-state index is -4.32. The summed E-state index contributed by atoms with van der Waals surface area (Å²) < 4.78 is 34.6. The highest BCUT2D eigenvalue weighted by atomic mass is 19.4. The average Bonchev–Trinajstić information content (AvgIpc) is 2.07. The first kappa shape index (κ1) is 14.2. The molecule has 0 amide bonds. The molecule has 7 heteroatoms. The van der Waals surface area contributed by atoms with Gasteiger partial charge in [0, 0.05) is 13.0 Å². The molecule has 4 nitrogen and oxygen atoms in total. The highest BCUT2D eigenvalue weighted by molar-refractivity contribution is 5.66. The van der Waals surface area contributed by atoms with Gasteiger partial charge in [0.15, 0.2) is 6.61 Å². The third-order valence-corrected chi connectivity index (χ3v) is 1.51. The van der Waals surface area contributed by atoms with Gasteiger partial charge in [0.2, 0.25) is 0 Å². The number of rotatable bonds is 8. The lowest BCUT2D eigenvalue weighted by atomic mass is 10.2. The Hall–Kier alpha value is -0.820. The van der Waals surface area contributed by atoms with Crippen LogP contribution in [0.5, 0.6) is 0 Å². The molecule has 0 saturated carbocycles. The third kappa shape index (κ3) is 13.2. The van der Waals surface area contributed by atoms with E-state index < -0.39 is 18.8 Å². The number of carboxylic acid groups (broad SMARTS) is 1. The molecule has 0 rings (SSSR count). The highest BCUT2D eigenvalue weighted by Crippen LogP contribution is 2.13. The van der Waals surface area contributed by atoms with Crippen LogP contribution in [0.1, 0.15) is 25.7 Å². The Kier molecular flexibility index (Phi) is 7.06. The number of hydrogen-bond acceptors (Lipinski definition) is 3. The van der Waals surface area contributed by atoms with E-state index in [1.807, 2.05) is 0 Å². The molecule has 0 aromatic heterocycles. The summed E-state index contributed by atoms with van der Waals surface area (Å²) in [7, 11) is 0. The van der Waals surface area contributed by atoms with E-state index in [1.54, 1.807) is 0 Å². The standard InChI is InChI=1S/C8H14F3NO3/c9-8(10,11)6-15-12-5-3-1-2-4-7(13)14/h12H,1-6H2,(H,13,14). The van der Waals surface area contributed by atoms with Crippen molar-refractivity contribution in [3.8, 4) is 0 Å². The normalized spacial score (nSPS) is 11.7. The van der Waals surface area contributed by atoms with Crippen LogP contribution in [0.2, 0.25) is 0 Å². The molecule has 0 spiro atoms. The van der Waals surface area contributed by atoms with Gasteiger partial charge >= 0.3 is 12.1 Å². The number of halogens is 3. The molecule has 0 aliphatic rings. The predicted molar refractivity (Wildman–Crippen MR) is 46.1 cm³/mol. The number of nitrogens with one attached hydrogen (secondary N) is 1. The monoisotopic (exact) mass is 229 g/mol. The summed E-state index contributed by atoms with van der Waals surface area (Å²) in [6.45, 7) is -1.03. The van der Waals surface area contributed by atoms with E-state index in [-0.39, 0.29) is 13.0 Å². The second-order valence-electron chi connectivity index (χ2n) is 3.00. The Labute approximate surface area is 85.4 Å². The van der Waals surface area contributed by atoms with Gasteiger partial charge in [-0.1, -0.05) is 6.42 Å². The number of alkyl halides is 3. The number of carbonyl (C=O) groups is 1. The number of unbranched alkanes of at least 4 members (excludes halogenated alkanes) is 2. The molecule has 0 unspecified atom stereocenters. The molecule has 0 radical (unpaired) electrons. The van der Waals surface area contributed by atoms with E-state index in [9.17, 15) is 18.0 Å². The molecule has 15 heavy (non-hydrogen) atoms. The number of hydrogen-bond donors (Lipinski definition) is 2. The molecule has 0 aliphatic carbocycles. The largest absolute Gasteiger partial charge is 0.481 e. The maximum Gasteiger partial charge on any atom is 0.413 e. The van der Waals surface area contributed by atoms with E-state index in [2.05, 4.69) is 10.3 Å². The van der Waals surface area contributed by atoms with Gasteiger partial charge in [0.05, 0.1) is 0 Å². The lowest BCUT2D eigenvalue weighted by Gasteiger charge is -2.07. The number of hydroxylamine groups is 1. The van der Waals surface area contributed by atoms with Crippen LogP contribution in [0.4, 0.5) is 13.2 Å². The molecular weight excluding hydrogens is 215 g/mol. The van der Waals surface area contributed by atoms with Crippen LogP contribution in [0, 0.1) is 0 Å². The van der Waals surface area contributed by atoms with Crippen molar-refractivity contribution in [2.75, 3.05) is 13.2 Å². The summed E-state index contributed by atoms with van der Waals surface area (Å²) in [4.78, 5) is 14.2. The van der Waals surface area contributed by atoms with Crippen LogP contribution < -0.4 is 5.48 Å². The molecule has 90 valence electrons. The Bertz CT molecular complexity index is 184. The number of aliphatic carboxylic acids is 1. The predicted octanol–water partition coefficient (Wildman–Crippen LogP) is 1.71. The summed E-state index contributed by atoms with van der Waals surface area (Å²) in [6, 6.07) is 0. The molecule has 2 N–H and O–H groups in total. The van der Waals surface area contributed by atoms with E-state index in [0.29, 0.717) is 19.3 Å². The van der Waals surface area contributed by atoms with Gasteiger partial charge in [-0.25, -0.2) is 5.48 Å². The van der Waals surface area contributed by atoms with Gasteiger partial charge in [-0.2, -0.15) is 13.2 Å². The van der Waals surface area contributed by atoms with E-state index in [4.69, 9.17) is 5.11 Å². The van der Waals surface area contributed by atoms with Crippen LogP contribution >= 0.6 is 0 Å². The van der Waals surface area contributed by atoms with Gasteiger partial charge in [-0.3, -0.25) is 9.63 Å². The molecule has 0 fully saturated rings. The van der Waals surface area contributed by atoms with Crippen molar-refractivity contribution in [1.29, 1.82) is 0 Å². The molecule has 0 heterocycles. The third-order valence-electron chi connectivity index (χ3n) is 1.51. The molecule has 0 aliphatic heterocycles. The van der Waals surface area contributed by atoms with Gasteiger partial charge in [0.1, 0.15) is 0 Å². The van der Waals surface area contributed by atoms with Gasteiger partial charge in [-0.15, -0.1) is 0 Å². The van der Waals surface area contributed by atoms with Crippen molar-refractivity contribution in [1.82, 2.24) is 5.48 Å². The Morgan fingerprint density at radius 2 is 1.93 bits per heavy atom. The SMILES string of the molecule is O=C(O)CCCCCNOCC(F)(F)F. The quantitative estimate of drug-likeness (QED) is 0.491. The summed E-state index contributed by atoms with van der Waals surface area (Å²) >= 11 is 0. The Balaban J connectivity index is 3.09. The second kappa shape index (κ2) is 7.47. The number of carboxylic acids is 1. The average molecular weight is 229 g/mol. The zero-order chi connectivity index (χ0) is 11.7. The van der Waals surface area contributed by atoms with Crippen LogP contribution in [0.3, 0.4) is 0 Å². The fourth-order valence-electron chi connectivity index (χ4n) is 0.855. The summed E-state index contributed by atoms with van der Waals surface area (Å²) in [5.74, 6) is -0.865. The highest BCUT2D eigenvalue weighted by Gasteiger charge is 2.27. The smallest absolute Gasteiger partial charge is 0.413 e. The molecule has 0 aromatic rings. The summed E-state index contributed by atoms with van der Waals surface area (Å²) in [5, 5.41) is 8.28. The Morgan fingerprint density at radius 1 is 1.27 bits per heavy atom. The van der Waals surface area contributed by atoms with Crippen molar-refractivity contribution in [2.45, 2.75) is 31.9 Å². The molecule has 0 atom stereocenters. The minimum Gasteiger partial charge on any atom is -0.481 e. The van der Waals surface area contributed by atoms with Crippen molar-refractivity contribution in [3.63, 3.8) is 0 Å². The lowest BCUT2D eigenvalue weighted by Crippen LogP contribution is -2.25. The maximum absolute atomic E-state index is 11.5. The second-order valence-corrected chi connectivity index (χ2v) is 3.00. The first-order chi connectivity index (χ1) is 6.92. The van der Waals surface area contributed by atoms with Crippen LogP contribution in [0.15, 0.2) is 0 Å². The summed E-state index contributed by atoms with van der Waals surface area (Å²) in [5.41, 5.74) is 2.16. The van der Waals surface area contributed by atoms with Crippen LogP contribution in [-0.2, 0) is 9.63 Å². The van der Waals surface area contributed by atoms with Crippen molar-refractivity contribution in [2.24, 2.45) is 0 Å². The lowest BCUT2D eigenvalue weighted by molar-refractivity contribution is -0.189. The first-order valence-electron chi connectivity index (χ1n) is 4.55. The van der Waals surface area contributed by atoms with Gasteiger partial charge < -0.3 is 5.11 Å². The van der Waals surface area contributed by atoms with Gasteiger partial charge in [0.25, 0.3) is 0 Å². The molecular formula is C8H14F3NO3. The van der Waals surface area contributed by atoms with Gasteiger partial charge in [-0.05, 0) is 12.8 Å². The zero-order valence-corrected chi connectivity index (χ0v) is 8.14. The van der Waals surface area contributed by atoms with Crippen LogP contribution in [0.25, 0.3) is 0 Å².